The fourth-order valence-electron chi connectivity index (χ4n) is 1.67. The molecule has 0 aliphatic carbocycles. The first-order valence-corrected chi connectivity index (χ1v) is 7.10. The second-order valence-corrected chi connectivity index (χ2v) is 6.50. The first-order valence-electron chi connectivity index (χ1n) is 5.49. The lowest BCUT2D eigenvalue weighted by Gasteiger charge is -2.14. The van der Waals surface area contributed by atoms with Crippen LogP contribution in [0.3, 0.4) is 0 Å². The summed E-state index contributed by atoms with van der Waals surface area (Å²) < 4.78 is 27.7. The molecule has 0 aliphatic heterocycles. The van der Waals surface area contributed by atoms with Crippen molar-refractivity contribution in [1.82, 2.24) is 5.32 Å². The summed E-state index contributed by atoms with van der Waals surface area (Å²) in [5.41, 5.74) is 0.352. The molecule has 0 spiro atoms. The van der Waals surface area contributed by atoms with E-state index in [-0.39, 0.29) is 6.04 Å². The lowest BCUT2D eigenvalue weighted by atomic mass is 10.1. The molecule has 0 fully saturated rings. The summed E-state index contributed by atoms with van der Waals surface area (Å²) in [6.07, 6.45) is 0. The van der Waals surface area contributed by atoms with Gasteiger partial charge >= 0.3 is 0 Å². The lowest BCUT2D eigenvalue weighted by molar-refractivity contribution is 0.473. The first-order chi connectivity index (χ1) is 8.58. The van der Waals surface area contributed by atoms with E-state index in [2.05, 4.69) is 21.2 Å². The Kier molecular flexibility index (Phi) is 4.48. The van der Waals surface area contributed by atoms with E-state index in [4.69, 9.17) is 0 Å². The van der Waals surface area contributed by atoms with Crippen LogP contribution in [0.5, 0.6) is 0 Å². The fourth-order valence-corrected chi connectivity index (χ4v) is 3.10. The minimum atomic E-state index is -0.806. The van der Waals surface area contributed by atoms with Gasteiger partial charge in [0.15, 0.2) is 11.6 Å². The van der Waals surface area contributed by atoms with Crippen LogP contribution in [0.2, 0.25) is 0 Å². The number of hydrogen-bond donors (Lipinski definition) is 1. The standard InChI is InChI=1S/C13H12BrF2NS/c1-8(10-3-2-4-11(15)13(10)16)17-7-9-5-6-12(14)18-9/h2-6,8,17H,7H2,1H3. The summed E-state index contributed by atoms with van der Waals surface area (Å²) in [5, 5.41) is 3.18. The fraction of sp³-hybridized carbons (Fsp3) is 0.231. The van der Waals surface area contributed by atoms with Gasteiger partial charge in [-0.2, -0.15) is 0 Å². The number of halogens is 3. The van der Waals surface area contributed by atoms with Gasteiger partial charge in [-0.1, -0.05) is 12.1 Å². The smallest absolute Gasteiger partial charge is 0.163 e. The Hall–Kier alpha value is -0.780. The third-order valence-electron chi connectivity index (χ3n) is 2.66. The highest BCUT2D eigenvalue weighted by Crippen LogP contribution is 2.23. The van der Waals surface area contributed by atoms with Crippen LogP contribution >= 0.6 is 27.3 Å². The molecule has 1 aromatic carbocycles. The molecule has 0 amide bonds. The van der Waals surface area contributed by atoms with Crippen molar-refractivity contribution in [1.29, 1.82) is 0 Å². The summed E-state index contributed by atoms with van der Waals surface area (Å²) in [7, 11) is 0. The number of thiophene rings is 1. The van der Waals surface area contributed by atoms with Crippen LogP contribution in [0, 0.1) is 11.6 Å². The lowest BCUT2D eigenvalue weighted by Crippen LogP contribution is -2.19. The van der Waals surface area contributed by atoms with Crippen LogP contribution in [0.4, 0.5) is 8.78 Å². The topological polar surface area (TPSA) is 12.0 Å². The Morgan fingerprint density at radius 1 is 1.28 bits per heavy atom. The summed E-state index contributed by atoms with van der Waals surface area (Å²) in [6, 6.07) is 7.98. The molecule has 0 saturated heterocycles. The third-order valence-corrected chi connectivity index (χ3v) is 4.28. The minimum absolute atomic E-state index is 0.235. The van der Waals surface area contributed by atoms with E-state index in [0.29, 0.717) is 12.1 Å². The van der Waals surface area contributed by atoms with Crippen molar-refractivity contribution in [3.05, 3.63) is 56.2 Å². The Morgan fingerprint density at radius 2 is 2.06 bits per heavy atom. The van der Waals surface area contributed by atoms with Crippen molar-refractivity contribution in [2.45, 2.75) is 19.5 Å². The quantitative estimate of drug-likeness (QED) is 0.860. The van der Waals surface area contributed by atoms with Crippen LogP contribution in [-0.2, 0) is 6.54 Å². The molecule has 0 bridgehead atoms. The molecule has 1 unspecified atom stereocenters. The third kappa shape index (κ3) is 3.16. The number of benzene rings is 1. The van der Waals surface area contributed by atoms with E-state index in [0.717, 1.165) is 14.7 Å². The molecule has 0 aliphatic rings. The maximum Gasteiger partial charge on any atom is 0.163 e. The summed E-state index contributed by atoms with van der Waals surface area (Å²) >= 11 is 5.00. The second-order valence-electron chi connectivity index (χ2n) is 3.95. The van der Waals surface area contributed by atoms with Crippen molar-refractivity contribution in [2.75, 3.05) is 0 Å². The molecule has 1 atom stereocenters. The molecule has 2 rings (SSSR count). The zero-order valence-electron chi connectivity index (χ0n) is 9.71. The predicted octanol–water partition coefficient (Wildman–Crippen LogP) is 4.64. The molecule has 2 aromatic rings. The summed E-state index contributed by atoms with van der Waals surface area (Å²) in [6.45, 7) is 2.45. The van der Waals surface area contributed by atoms with Gasteiger partial charge in [0, 0.05) is 23.0 Å². The number of hydrogen-bond acceptors (Lipinski definition) is 2. The minimum Gasteiger partial charge on any atom is -0.305 e. The van der Waals surface area contributed by atoms with E-state index in [1.54, 1.807) is 17.4 Å². The van der Waals surface area contributed by atoms with Crippen molar-refractivity contribution in [3.63, 3.8) is 0 Å². The van der Waals surface area contributed by atoms with Crippen LogP contribution in [0.1, 0.15) is 23.4 Å². The molecule has 1 nitrogen and oxygen atoms in total. The molecule has 0 saturated carbocycles. The zero-order chi connectivity index (χ0) is 13.1. The largest absolute Gasteiger partial charge is 0.305 e. The number of rotatable bonds is 4. The van der Waals surface area contributed by atoms with Crippen molar-refractivity contribution in [2.24, 2.45) is 0 Å². The Morgan fingerprint density at radius 3 is 2.72 bits per heavy atom. The highest BCUT2D eigenvalue weighted by Gasteiger charge is 2.13. The average molecular weight is 332 g/mol. The molecule has 1 N–H and O–H groups in total. The van der Waals surface area contributed by atoms with Gasteiger partial charge in [-0.15, -0.1) is 11.3 Å². The zero-order valence-corrected chi connectivity index (χ0v) is 12.1. The average Bonchev–Trinajstić information content (AvgIpc) is 2.76. The summed E-state index contributed by atoms with van der Waals surface area (Å²) in [5.74, 6) is -1.58. The van der Waals surface area contributed by atoms with E-state index in [1.165, 1.54) is 6.07 Å². The van der Waals surface area contributed by atoms with E-state index in [9.17, 15) is 8.78 Å². The molecular formula is C13H12BrF2NS. The Balaban J connectivity index is 2.03. The van der Waals surface area contributed by atoms with Crippen molar-refractivity contribution < 1.29 is 8.78 Å². The predicted molar refractivity (Wildman–Crippen MR) is 73.6 cm³/mol. The maximum atomic E-state index is 13.6. The molecule has 0 radical (unpaired) electrons. The maximum absolute atomic E-state index is 13.6. The number of nitrogens with one attached hydrogen (secondary N) is 1. The van der Waals surface area contributed by atoms with Gasteiger partial charge in [0.25, 0.3) is 0 Å². The summed E-state index contributed by atoms with van der Waals surface area (Å²) in [4.78, 5) is 1.14. The van der Waals surface area contributed by atoms with E-state index < -0.39 is 11.6 Å². The molecule has 18 heavy (non-hydrogen) atoms. The van der Waals surface area contributed by atoms with Gasteiger partial charge in [-0.05, 0) is 41.1 Å². The Labute approximate surface area is 117 Å². The molecule has 96 valence electrons. The second kappa shape index (κ2) is 5.91. The van der Waals surface area contributed by atoms with Gasteiger partial charge in [-0.25, -0.2) is 8.78 Å². The van der Waals surface area contributed by atoms with Gasteiger partial charge in [0.2, 0.25) is 0 Å². The molecule has 5 heteroatoms. The Bertz CT molecular complexity index is 542. The first kappa shape index (κ1) is 13.6. The van der Waals surface area contributed by atoms with Gasteiger partial charge in [-0.3, -0.25) is 0 Å². The van der Waals surface area contributed by atoms with Gasteiger partial charge in [0.05, 0.1) is 3.79 Å². The molecular weight excluding hydrogens is 320 g/mol. The van der Waals surface area contributed by atoms with Gasteiger partial charge in [0.1, 0.15) is 0 Å². The monoisotopic (exact) mass is 331 g/mol. The molecule has 1 aromatic heterocycles. The van der Waals surface area contributed by atoms with Crippen LogP contribution in [0.25, 0.3) is 0 Å². The highest BCUT2D eigenvalue weighted by molar-refractivity contribution is 9.11. The van der Waals surface area contributed by atoms with Crippen LogP contribution in [0.15, 0.2) is 34.1 Å². The van der Waals surface area contributed by atoms with E-state index in [1.807, 2.05) is 19.1 Å². The molecule has 1 heterocycles. The van der Waals surface area contributed by atoms with Crippen LogP contribution < -0.4 is 5.32 Å². The highest BCUT2D eigenvalue weighted by atomic mass is 79.9. The SMILES string of the molecule is CC(NCc1ccc(Br)s1)c1cccc(F)c1F. The van der Waals surface area contributed by atoms with Crippen molar-refractivity contribution >= 4 is 27.3 Å². The van der Waals surface area contributed by atoms with E-state index >= 15 is 0 Å². The van der Waals surface area contributed by atoms with Crippen LogP contribution in [-0.4, -0.2) is 0 Å². The van der Waals surface area contributed by atoms with Gasteiger partial charge < -0.3 is 5.32 Å². The normalized spacial score (nSPS) is 12.7. The van der Waals surface area contributed by atoms with Crippen molar-refractivity contribution in [3.8, 4) is 0 Å².